The number of alkyl halides is 3. The van der Waals surface area contributed by atoms with Gasteiger partial charge in [-0.05, 0) is 31.5 Å². The maximum absolute atomic E-state index is 12.9. The molecule has 0 saturated carbocycles. The lowest BCUT2D eigenvalue weighted by atomic mass is 10.0. The number of carbonyl (C=O) groups is 2. The minimum absolute atomic E-state index is 0.175. The molecule has 170 valence electrons. The molecule has 0 bridgehead atoms. The molecule has 0 spiro atoms. The number of carbonyl (C=O) groups excluding carboxylic acids is 2. The molecule has 0 saturated heterocycles. The zero-order chi connectivity index (χ0) is 23.5. The van der Waals surface area contributed by atoms with Crippen LogP contribution in [0.1, 0.15) is 19.4 Å². The molecule has 3 rings (SSSR count). The molecule has 2 aromatic carbocycles. The number of halogens is 3. The van der Waals surface area contributed by atoms with Gasteiger partial charge < -0.3 is 21.1 Å². The Morgan fingerprint density at radius 3 is 2.47 bits per heavy atom. The number of thiazole rings is 1. The van der Waals surface area contributed by atoms with Gasteiger partial charge in [0.2, 0.25) is 11.8 Å². The molecule has 11 heteroatoms. The van der Waals surface area contributed by atoms with Crippen LogP contribution >= 0.6 is 11.3 Å². The van der Waals surface area contributed by atoms with Crippen molar-refractivity contribution >= 4 is 38.5 Å². The number of anilines is 1. The molecule has 4 N–H and O–H groups in total. The van der Waals surface area contributed by atoms with Gasteiger partial charge in [-0.25, -0.2) is 4.98 Å². The van der Waals surface area contributed by atoms with Gasteiger partial charge in [0.1, 0.15) is 11.8 Å². The topological polar surface area (TPSA) is 106 Å². The van der Waals surface area contributed by atoms with Gasteiger partial charge in [0, 0.05) is 12.5 Å². The van der Waals surface area contributed by atoms with Crippen LogP contribution in [0.5, 0.6) is 5.75 Å². The molecule has 3 aromatic rings. The van der Waals surface area contributed by atoms with Gasteiger partial charge in [-0.15, -0.1) is 13.2 Å². The highest BCUT2D eigenvalue weighted by atomic mass is 32.1. The van der Waals surface area contributed by atoms with E-state index in [1.54, 1.807) is 0 Å². The normalized spacial score (nSPS) is 12.9. The fourth-order valence-corrected chi connectivity index (χ4v) is 3.65. The molecule has 0 aliphatic rings. The zero-order valence-electron chi connectivity index (χ0n) is 17.2. The van der Waals surface area contributed by atoms with Crippen molar-refractivity contribution in [3.8, 4) is 5.75 Å². The summed E-state index contributed by atoms with van der Waals surface area (Å²) in [6.07, 6.45) is -4.60. The number of amides is 2. The second-order valence-corrected chi connectivity index (χ2v) is 8.65. The summed E-state index contributed by atoms with van der Waals surface area (Å²) in [5.74, 6) is -1.42. The summed E-state index contributed by atoms with van der Waals surface area (Å²) >= 11 is 0.986. The summed E-state index contributed by atoms with van der Waals surface area (Å²) in [6.45, 7) is 3.04. The lowest BCUT2D eigenvalue weighted by Crippen LogP contribution is -2.55. The number of nitrogens with two attached hydrogens (primary N) is 1. The summed E-state index contributed by atoms with van der Waals surface area (Å²) in [5, 5.41) is 5.45. The lowest BCUT2D eigenvalue weighted by Gasteiger charge is -2.23. The molecule has 0 aliphatic heterocycles. The summed E-state index contributed by atoms with van der Waals surface area (Å²) in [4.78, 5) is 29.5. The highest BCUT2D eigenvalue weighted by Gasteiger charge is 2.31. The Morgan fingerprint density at radius 1 is 1.16 bits per heavy atom. The number of rotatable bonds is 7. The molecule has 32 heavy (non-hydrogen) atoms. The predicted octanol–water partition coefficient (Wildman–Crippen LogP) is 3.60. The van der Waals surface area contributed by atoms with Gasteiger partial charge in [-0.3, -0.25) is 9.59 Å². The second-order valence-electron chi connectivity index (χ2n) is 7.62. The van der Waals surface area contributed by atoms with Crippen LogP contribution in [0.4, 0.5) is 18.3 Å². The first-order valence-electron chi connectivity index (χ1n) is 9.52. The highest BCUT2D eigenvalue weighted by molar-refractivity contribution is 7.22. The standard InChI is InChI=1S/C21H21F3N4O3S/c1-20(2,25)18(30)26-15(10-12-6-4-3-5-7-12)17(29)28-19-27-14-9-8-13(11-16(14)32-19)31-21(22,23)24/h3-9,11,15H,10,25H2,1-2H3,(H,26,30)(H,27,28,29). The number of ether oxygens (including phenoxy) is 1. The molecule has 7 nitrogen and oxygen atoms in total. The van der Waals surface area contributed by atoms with E-state index in [2.05, 4.69) is 20.4 Å². The first-order valence-corrected chi connectivity index (χ1v) is 10.3. The van der Waals surface area contributed by atoms with E-state index >= 15 is 0 Å². The van der Waals surface area contributed by atoms with E-state index in [4.69, 9.17) is 5.73 Å². The van der Waals surface area contributed by atoms with Gasteiger partial charge in [0.05, 0.1) is 15.8 Å². The zero-order valence-corrected chi connectivity index (χ0v) is 18.0. The molecular formula is C21H21F3N4O3S. The minimum atomic E-state index is -4.81. The molecule has 1 atom stereocenters. The Hall–Kier alpha value is -3.18. The van der Waals surface area contributed by atoms with Crippen molar-refractivity contribution in [2.24, 2.45) is 5.73 Å². The van der Waals surface area contributed by atoms with Crippen LogP contribution < -0.4 is 21.1 Å². The highest BCUT2D eigenvalue weighted by Crippen LogP contribution is 2.31. The molecule has 0 fully saturated rings. The first kappa shape index (κ1) is 23.5. The summed E-state index contributed by atoms with van der Waals surface area (Å²) in [7, 11) is 0. The van der Waals surface area contributed by atoms with Gasteiger partial charge >= 0.3 is 6.36 Å². The van der Waals surface area contributed by atoms with Crippen molar-refractivity contribution in [1.29, 1.82) is 0 Å². The first-order chi connectivity index (χ1) is 14.9. The maximum atomic E-state index is 12.9. The largest absolute Gasteiger partial charge is 0.573 e. The summed E-state index contributed by atoms with van der Waals surface area (Å²) < 4.78 is 41.6. The monoisotopic (exact) mass is 466 g/mol. The Kier molecular flexibility index (Phi) is 6.70. The van der Waals surface area contributed by atoms with Crippen LogP contribution in [0.3, 0.4) is 0 Å². The number of aromatic nitrogens is 1. The van der Waals surface area contributed by atoms with E-state index in [0.717, 1.165) is 23.0 Å². The SMILES string of the molecule is CC(C)(N)C(=O)NC(Cc1ccccc1)C(=O)Nc1nc2ccc(OC(F)(F)F)cc2s1. The average Bonchev–Trinajstić information content (AvgIpc) is 3.07. The fourth-order valence-electron chi connectivity index (χ4n) is 2.75. The van der Waals surface area contributed by atoms with E-state index in [9.17, 15) is 22.8 Å². The summed E-state index contributed by atoms with van der Waals surface area (Å²) in [6, 6.07) is 11.9. The molecule has 1 unspecified atom stereocenters. The number of hydrogen-bond acceptors (Lipinski definition) is 6. The van der Waals surface area contributed by atoms with Crippen molar-refractivity contribution < 1.29 is 27.5 Å². The van der Waals surface area contributed by atoms with Crippen LogP contribution in [-0.2, 0) is 16.0 Å². The molecule has 1 aromatic heterocycles. The third kappa shape index (κ3) is 6.41. The van der Waals surface area contributed by atoms with Gasteiger partial charge in [-0.1, -0.05) is 41.7 Å². The molecule has 2 amide bonds. The van der Waals surface area contributed by atoms with Crippen LogP contribution in [0.25, 0.3) is 10.2 Å². The van der Waals surface area contributed by atoms with Crippen molar-refractivity contribution in [3.05, 3.63) is 54.1 Å². The van der Waals surface area contributed by atoms with E-state index in [1.807, 2.05) is 30.3 Å². The fraction of sp³-hybridized carbons (Fsp3) is 0.286. The van der Waals surface area contributed by atoms with Crippen LogP contribution in [0.15, 0.2) is 48.5 Å². The number of nitrogens with zero attached hydrogens (tertiary/aromatic N) is 1. The van der Waals surface area contributed by atoms with E-state index < -0.39 is 29.8 Å². The number of nitrogens with one attached hydrogen (secondary N) is 2. The smallest absolute Gasteiger partial charge is 0.406 e. The third-order valence-electron chi connectivity index (χ3n) is 4.31. The van der Waals surface area contributed by atoms with Crippen LogP contribution in [0, 0.1) is 0 Å². The lowest BCUT2D eigenvalue weighted by molar-refractivity contribution is -0.274. The molecular weight excluding hydrogens is 445 g/mol. The van der Waals surface area contributed by atoms with Gasteiger partial charge in [0.15, 0.2) is 5.13 Å². The third-order valence-corrected chi connectivity index (χ3v) is 5.25. The number of hydrogen-bond donors (Lipinski definition) is 3. The predicted molar refractivity (Wildman–Crippen MR) is 115 cm³/mol. The summed E-state index contributed by atoms with van der Waals surface area (Å²) in [5.41, 5.74) is 5.86. The van der Waals surface area contributed by atoms with E-state index in [1.165, 1.54) is 26.0 Å². The van der Waals surface area contributed by atoms with Crippen molar-refractivity contribution in [1.82, 2.24) is 10.3 Å². The molecule has 1 heterocycles. The average molecular weight is 466 g/mol. The van der Waals surface area contributed by atoms with Crippen molar-refractivity contribution in [2.45, 2.75) is 38.2 Å². The van der Waals surface area contributed by atoms with Crippen LogP contribution in [0.2, 0.25) is 0 Å². The second kappa shape index (κ2) is 9.13. The Labute approximate surface area is 185 Å². The van der Waals surface area contributed by atoms with Crippen molar-refractivity contribution in [2.75, 3.05) is 5.32 Å². The van der Waals surface area contributed by atoms with Gasteiger partial charge in [0.25, 0.3) is 0 Å². The maximum Gasteiger partial charge on any atom is 0.573 e. The molecule has 0 radical (unpaired) electrons. The Bertz CT molecular complexity index is 1110. The quantitative estimate of drug-likeness (QED) is 0.493. The molecule has 0 aliphatic carbocycles. The van der Waals surface area contributed by atoms with E-state index in [0.29, 0.717) is 10.2 Å². The van der Waals surface area contributed by atoms with Crippen LogP contribution in [-0.4, -0.2) is 34.7 Å². The number of fused-ring (bicyclic) bond motifs is 1. The minimum Gasteiger partial charge on any atom is -0.406 e. The Balaban J connectivity index is 1.79. The number of benzene rings is 2. The van der Waals surface area contributed by atoms with Gasteiger partial charge in [-0.2, -0.15) is 0 Å². The van der Waals surface area contributed by atoms with E-state index in [-0.39, 0.29) is 17.3 Å². The van der Waals surface area contributed by atoms with Crippen molar-refractivity contribution in [3.63, 3.8) is 0 Å². The Morgan fingerprint density at radius 2 is 1.84 bits per heavy atom.